The molecule has 1 fully saturated rings. The van der Waals surface area contributed by atoms with E-state index >= 15 is 0 Å². The second-order valence-corrected chi connectivity index (χ2v) is 5.98. The normalized spacial score (nSPS) is 17.4. The predicted octanol–water partition coefficient (Wildman–Crippen LogP) is 4.71. The fourth-order valence-electron chi connectivity index (χ4n) is 3.15. The molecule has 2 aromatic heterocycles. The summed E-state index contributed by atoms with van der Waals surface area (Å²) in [5.41, 5.74) is 4.81. The summed E-state index contributed by atoms with van der Waals surface area (Å²) in [5, 5.41) is 0. The second-order valence-electron chi connectivity index (χ2n) is 5.98. The van der Waals surface area contributed by atoms with Crippen LogP contribution in [0.1, 0.15) is 56.7 Å². The first-order valence-corrected chi connectivity index (χ1v) is 8.25. The first-order chi connectivity index (χ1) is 10.4. The first kappa shape index (κ1) is 14.2. The van der Waals surface area contributed by atoms with E-state index in [1.165, 1.54) is 49.8 Å². The number of hydrogen-bond acceptors (Lipinski definition) is 1. The third kappa shape index (κ3) is 3.46. The quantitative estimate of drug-likeness (QED) is 0.603. The molecule has 0 amide bonds. The molecule has 0 aliphatic heterocycles. The predicted molar refractivity (Wildman–Crippen MR) is 89.0 cm³/mol. The zero-order chi connectivity index (χ0) is 14.5. The summed E-state index contributed by atoms with van der Waals surface area (Å²) < 4.78 is 0. The van der Waals surface area contributed by atoms with Gasteiger partial charge < -0.3 is 9.97 Å². The molecule has 21 heavy (non-hydrogen) atoms. The zero-order valence-corrected chi connectivity index (χ0v) is 12.9. The highest BCUT2D eigenvalue weighted by molar-refractivity contribution is 5.81. The van der Waals surface area contributed by atoms with Gasteiger partial charge in [0.25, 0.3) is 0 Å². The number of rotatable bonds is 4. The lowest BCUT2D eigenvalue weighted by Gasteiger charge is -2.07. The van der Waals surface area contributed by atoms with Crippen LogP contribution in [0.3, 0.4) is 0 Å². The van der Waals surface area contributed by atoms with Gasteiger partial charge in [0.1, 0.15) is 0 Å². The maximum absolute atomic E-state index is 4.85. The fraction of sp³-hybridized carbons (Fsp3) is 0.500. The van der Waals surface area contributed by atoms with E-state index in [0.717, 1.165) is 17.8 Å². The van der Waals surface area contributed by atoms with Crippen molar-refractivity contribution in [3.8, 4) is 11.4 Å². The summed E-state index contributed by atoms with van der Waals surface area (Å²) in [5.74, 6) is 0. The summed E-state index contributed by atoms with van der Waals surface area (Å²) in [6, 6.07) is 6.88. The van der Waals surface area contributed by atoms with Gasteiger partial charge >= 0.3 is 0 Å². The van der Waals surface area contributed by atoms with Gasteiger partial charge in [-0.15, -0.1) is 0 Å². The molecule has 0 saturated heterocycles. The Morgan fingerprint density at radius 3 is 2.67 bits per heavy atom. The Hall–Kier alpha value is -1.77. The lowest BCUT2D eigenvalue weighted by atomic mass is 10.1. The number of aliphatic imine (C=N–C) groups is 1. The molecule has 3 nitrogen and oxygen atoms in total. The summed E-state index contributed by atoms with van der Waals surface area (Å²) in [6.45, 7) is 2.20. The van der Waals surface area contributed by atoms with Crippen LogP contribution < -0.4 is 0 Å². The molecule has 0 aromatic carbocycles. The van der Waals surface area contributed by atoms with Crippen molar-refractivity contribution >= 4 is 6.21 Å². The van der Waals surface area contributed by atoms with Gasteiger partial charge in [0.2, 0.25) is 0 Å². The molecular weight excluding hydrogens is 258 g/mol. The largest absolute Gasteiger partial charge is 0.360 e. The van der Waals surface area contributed by atoms with Crippen molar-refractivity contribution in [1.82, 2.24) is 9.97 Å². The maximum Gasteiger partial charge on any atom is 0.0627 e. The van der Waals surface area contributed by atoms with Crippen LogP contribution in [0.15, 0.2) is 29.4 Å². The number of nitrogens with one attached hydrogen (secondary N) is 2. The van der Waals surface area contributed by atoms with Crippen LogP contribution in [0.25, 0.3) is 11.4 Å². The molecule has 112 valence electrons. The Labute approximate surface area is 126 Å². The Balaban J connectivity index is 1.77. The van der Waals surface area contributed by atoms with E-state index in [2.05, 4.69) is 35.2 Å². The third-order valence-corrected chi connectivity index (χ3v) is 4.44. The third-order valence-electron chi connectivity index (χ3n) is 4.44. The molecule has 3 heteroatoms. The number of H-pyrrole nitrogens is 2. The van der Waals surface area contributed by atoms with Gasteiger partial charge in [0, 0.05) is 12.4 Å². The van der Waals surface area contributed by atoms with E-state index in [0.29, 0.717) is 6.04 Å². The average molecular weight is 283 g/mol. The van der Waals surface area contributed by atoms with Crippen LogP contribution >= 0.6 is 0 Å². The molecule has 0 radical (unpaired) electrons. The van der Waals surface area contributed by atoms with E-state index in [1.54, 1.807) is 0 Å². The van der Waals surface area contributed by atoms with E-state index in [1.807, 2.05) is 12.3 Å². The van der Waals surface area contributed by atoms with E-state index in [9.17, 15) is 0 Å². The highest BCUT2D eigenvalue weighted by atomic mass is 14.8. The number of hydrogen-bond donors (Lipinski definition) is 2. The average Bonchev–Trinajstić information content (AvgIpc) is 3.09. The van der Waals surface area contributed by atoms with Gasteiger partial charge in [-0.25, -0.2) is 0 Å². The van der Waals surface area contributed by atoms with Gasteiger partial charge in [-0.2, -0.15) is 0 Å². The van der Waals surface area contributed by atoms with Gasteiger partial charge in [0.15, 0.2) is 0 Å². The molecule has 0 spiro atoms. The summed E-state index contributed by atoms with van der Waals surface area (Å²) in [7, 11) is 0. The molecule has 2 N–H and O–H groups in total. The van der Waals surface area contributed by atoms with Crippen molar-refractivity contribution in [3.63, 3.8) is 0 Å². The molecule has 1 aliphatic carbocycles. The van der Waals surface area contributed by atoms with E-state index < -0.39 is 0 Å². The Morgan fingerprint density at radius 1 is 1.19 bits per heavy atom. The van der Waals surface area contributed by atoms with Gasteiger partial charge in [-0.05, 0) is 43.0 Å². The minimum absolute atomic E-state index is 0.523. The SMILES string of the molecule is CCc1cc(-c2ccc[nH]2)[nH]c1C=NC1CCCCCC1. The molecule has 0 atom stereocenters. The second kappa shape index (κ2) is 6.79. The summed E-state index contributed by atoms with van der Waals surface area (Å²) in [4.78, 5) is 11.6. The number of aryl methyl sites for hydroxylation is 1. The van der Waals surface area contributed by atoms with Crippen LogP contribution in [-0.4, -0.2) is 22.2 Å². The van der Waals surface area contributed by atoms with E-state index in [-0.39, 0.29) is 0 Å². The van der Waals surface area contributed by atoms with Crippen LogP contribution in [0.4, 0.5) is 0 Å². The molecule has 0 bridgehead atoms. The van der Waals surface area contributed by atoms with Crippen molar-refractivity contribution < 1.29 is 0 Å². The monoisotopic (exact) mass is 283 g/mol. The van der Waals surface area contributed by atoms with E-state index in [4.69, 9.17) is 4.99 Å². The van der Waals surface area contributed by atoms with Gasteiger partial charge in [-0.3, -0.25) is 4.99 Å². The maximum atomic E-state index is 4.85. The van der Waals surface area contributed by atoms with Crippen LogP contribution in [0.2, 0.25) is 0 Å². The molecule has 1 saturated carbocycles. The lowest BCUT2D eigenvalue weighted by Crippen LogP contribution is -2.03. The highest BCUT2D eigenvalue weighted by Gasteiger charge is 2.11. The number of nitrogens with zero attached hydrogens (tertiary/aromatic N) is 1. The molecular formula is C18H25N3. The fourth-order valence-corrected chi connectivity index (χ4v) is 3.15. The molecule has 3 rings (SSSR count). The summed E-state index contributed by atoms with van der Waals surface area (Å²) in [6.07, 6.45) is 13.0. The molecule has 2 aromatic rings. The zero-order valence-electron chi connectivity index (χ0n) is 12.9. The Morgan fingerprint density at radius 2 is 2.00 bits per heavy atom. The minimum Gasteiger partial charge on any atom is -0.360 e. The van der Waals surface area contributed by atoms with Crippen LogP contribution in [0.5, 0.6) is 0 Å². The van der Waals surface area contributed by atoms with Gasteiger partial charge in [0.05, 0.1) is 23.1 Å². The van der Waals surface area contributed by atoms with Crippen molar-refractivity contribution in [1.29, 1.82) is 0 Å². The molecule has 0 unspecified atom stereocenters. The first-order valence-electron chi connectivity index (χ1n) is 8.25. The van der Waals surface area contributed by atoms with Gasteiger partial charge in [-0.1, -0.05) is 32.6 Å². The summed E-state index contributed by atoms with van der Waals surface area (Å²) >= 11 is 0. The smallest absolute Gasteiger partial charge is 0.0627 e. The van der Waals surface area contributed by atoms with Crippen molar-refractivity contribution in [2.45, 2.75) is 57.9 Å². The Bertz CT molecular complexity index is 570. The van der Waals surface area contributed by atoms with Crippen LogP contribution in [0, 0.1) is 0 Å². The number of aromatic amines is 2. The minimum atomic E-state index is 0.523. The standard InChI is InChI=1S/C18H25N3/c1-2-14-12-17(16-10-7-11-19-16)21-18(14)13-20-15-8-5-3-4-6-9-15/h7,10-13,15,19,21H,2-6,8-9H2,1H3. The Kier molecular flexibility index (Phi) is 4.59. The van der Waals surface area contributed by atoms with Crippen molar-refractivity contribution in [2.24, 2.45) is 4.99 Å². The van der Waals surface area contributed by atoms with Crippen molar-refractivity contribution in [2.75, 3.05) is 0 Å². The van der Waals surface area contributed by atoms with Crippen LogP contribution in [-0.2, 0) is 6.42 Å². The molecule has 1 aliphatic rings. The number of aromatic nitrogens is 2. The molecule has 2 heterocycles. The topological polar surface area (TPSA) is 43.9 Å². The lowest BCUT2D eigenvalue weighted by molar-refractivity contribution is 0.588. The van der Waals surface area contributed by atoms with Crippen molar-refractivity contribution in [3.05, 3.63) is 35.7 Å². The highest BCUT2D eigenvalue weighted by Crippen LogP contribution is 2.22.